The number of hydrogen-bond acceptors (Lipinski definition) is 3. The van der Waals surface area contributed by atoms with Crippen molar-refractivity contribution in [3.63, 3.8) is 0 Å². The minimum absolute atomic E-state index is 0.0563. The standard InChI is InChI=1S/C14H21NO3/c1-5-18-12-9-7-6-8-11(12)14(4,13(16)17)15-10(2)3/h6-10,15H,5H2,1-4H3,(H,16,17). The van der Waals surface area contributed by atoms with Crippen molar-refractivity contribution in [1.29, 1.82) is 0 Å². The van der Waals surface area contributed by atoms with Crippen molar-refractivity contribution >= 4 is 5.97 Å². The Bertz CT molecular complexity index is 417. The van der Waals surface area contributed by atoms with Crippen LogP contribution in [0.15, 0.2) is 24.3 Å². The molecule has 0 amide bonds. The molecule has 4 nitrogen and oxygen atoms in total. The van der Waals surface area contributed by atoms with Gasteiger partial charge in [0, 0.05) is 11.6 Å². The number of carbonyl (C=O) groups is 1. The zero-order valence-corrected chi connectivity index (χ0v) is 11.4. The minimum Gasteiger partial charge on any atom is -0.494 e. The number of hydrogen-bond donors (Lipinski definition) is 2. The van der Waals surface area contributed by atoms with E-state index in [2.05, 4.69) is 5.32 Å². The van der Waals surface area contributed by atoms with Gasteiger partial charge < -0.3 is 9.84 Å². The Morgan fingerprint density at radius 2 is 2.06 bits per heavy atom. The van der Waals surface area contributed by atoms with Crippen molar-refractivity contribution in [3.05, 3.63) is 29.8 Å². The van der Waals surface area contributed by atoms with Crippen molar-refractivity contribution in [2.75, 3.05) is 6.61 Å². The van der Waals surface area contributed by atoms with E-state index in [9.17, 15) is 9.90 Å². The van der Waals surface area contributed by atoms with Gasteiger partial charge in [-0.05, 0) is 33.8 Å². The van der Waals surface area contributed by atoms with Crippen LogP contribution in [0, 0.1) is 0 Å². The summed E-state index contributed by atoms with van der Waals surface area (Å²) < 4.78 is 5.51. The van der Waals surface area contributed by atoms with Gasteiger partial charge in [0.05, 0.1) is 6.61 Å². The van der Waals surface area contributed by atoms with Crippen LogP contribution in [0.2, 0.25) is 0 Å². The highest BCUT2D eigenvalue weighted by atomic mass is 16.5. The van der Waals surface area contributed by atoms with Crippen molar-refractivity contribution in [3.8, 4) is 5.75 Å². The largest absolute Gasteiger partial charge is 0.494 e. The minimum atomic E-state index is -1.15. The summed E-state index contributed by atoms with van der Waals surface area (Å²) in [6.45, 7) is 7.89. The Balaban J connectivity index is 3.25. The van der Waals surface area contributed by atoms with Crippen molar-refractivity contribution in [2.45, 2.75) is 39.3 Å². The topological polar surface area (TPSA) is 58.6 Å². The Labute approximate surface area is 108 Å². The van der Waals surface area contributed by atoms with Gasteiger partial charge >= 0.3 is 5.97 Å². The van der Waals surface area contributed by atoms with Crippen LogP contribution < -0.4 is 10.1 Å². The summed E-state index contributed by atoms with van der Waals surface area (Å²) in [5.74, 6) is -0.304. The maximum absolute atomic E-state index is 11.6. The lowest BCUT2D eigenvalue weighted by Gasteiger charge is -2.30. The monoisotopic (exact) mass is 251 g/mol. The van der Waals surface area contributed by atoms with Crippen molar-refractivity contribution < 1.29 is 14.6 Å². The molecule has 0 heterocycles. The molecule has 0 aliphatic carbocycles. The van der Waals surface area contributed by atoms with E-state index in [1.165, 1.54) is 0 Å². The lowest BCUT2D eigenvalue weighted by Crippen LogP contribution is -2.49. The zero-order chi connectivity index (χ0) is 13.8. The lowest BCUT2D eigenvalue weighted by molar-refractivity contribution is -0.145. The van der Waals surface area contributed by atoms with Crippen molar-refractivity contribution in [2.24, 2.45) is 0 Å². The number of aliphatic carboxylic acids is 1. The van der Waals surface area contributed by atoms with E-state index >= 15 is 0 Å². The number of carboxylic acid groups (broad SMARTS) is 1. The predicted molar refractivity (Wildman–Crippen MR) is 70.9 cm³/mol. The van der Waals surface area contributed by atoms with Crippen molar-refractivity contribution in [1.82, 2.24) is 5.32 Å². The predicted octanol–water partition coefficient (Wildman–Crippen LogP) is 2.38. The Morgan fingerprint density at radius 1 is 1.44 bits per heavy atom. The molecule has 0 radical (unpaired) electrons. The summed E-state index contributed by atoms with van der Waals surface area (Å²) in [5, 5.41) is 12.6. The maximum atomic E-state index is 11.6. The molecule has 2 N–H and O–H groups in total. The van der Waals surface area contributed by atoms with Gasteiger partial charge in [-0.25, -0.2) is 4.79 Å². The van der Waals surface area contributed by atoms with Gasteiger partial charge in [-0.15, -0.1) is 0 Å². The highest BCUT2D eigenvalue weighted by Gasteiger charge is 2.37. The van der Waals surface area contributed by atoms with E-state index in [4.69, 9.17) is 4.74 Å². The molecule has 0 saturated heterocycles. The number of para-hydroxylation sites is 1. The van der Waals surface area contributed by atoms with Gasteiger partial charge in [0.25, 0.3) is 0 Å². The second kappa shape index (κ2) is 5.87. The zero-order valence-electron chi connectivity index (χ0n) is 11.4. The van der Waals surface area contributed by atoms with E-state index in [1.54, 1.807) is 19.1 Å². The fraction of sp³-hybridized carbons (Fsp3) is 0.500. The molecular formula is C14H21NO3. The number of rotatable bonds is 6. The second-order valence-corrected chi connectivity index (χ2v) is 4.66. The lowest BCUT2D eigenvalue weighted by atomic mass is 9.90. The number of ether oxygens (including phenoxy) is 1. The molecule has 1 aromatic rings. The fourth-order valence-electron chi connectivity index (χ4n) is 1.99. The molecule has 0 spiro atoms. The van der Waals surface area contributed by atoms with E-state index in [1.807, 2.05) is 32.9 Å². The first kappa shape index (κ1) is 14.5. The Morgan fingerprint density at radius 3 is 2.56 bits per heavy atom. The number of benzene rings is 1. The van der Waals surface area contributed by atoms with E-state index in [0.29, 0.717) is 17.9 Å². The van der Waals surface area contributed by atoms with Gasteiger partial charge in [0.15, 0.2) is 0 Å². The summed E-state index contributed by atoms with van der Waals surface area (Å²) in [6, 6.07) is 7.30. The van der Waals surface area contributed by atoms with E-state index < -0.39 is 11.5 Å². The molecule has 0 aliphatic rings. The second-order valence-electron chi connectivity index (χ2n) is 4.66. The molecule has 0 saturated carbocycles. The van der Waals surface area contributed by atoms with Crippen LogP contribution in [-0.4, -0.2) is 23.7 Å². The quantitative estimate of drug-likeness (QED) is 0.815. The molecule has 0 aromatic heterocycles. The smallest absolute Gasteiger partial charge is 0.328 e. The van der Waals surface area contributed by atoms with E-state index in [0.717, 1.165) is 0 Å². The van der Waals surface area contributed by atoms with Gasteiger partial charge in [0.2, 0.25) is 0 Å². The highest BCUT2D eigenvalue weighted by molar-refractivity contribution is 5.81. The molecular weight excluding hydrogens is 230 g/mol. The average molecular weight is 251 g/mol. The third kappa shape index (κ3) is 3.01. The van der Waals surface area contributed by atoms with Crippen LogP contribution >= 0.6 is 0 Å². The average Bonchev–Trinajstić information content (AvgIpc) is 2.28. The first-order valence-corrected chi connectivity index (χ1v) is 6.15. The first-order chi connectivity index (χ1) is 8.41. The molecule has 18 heavy (non-hydrogen) atoms. The molecule has 100 valence electrons. The molecule has 1 rings (SSSR count). The Hall–Kier alpha value is -1.55. The SMILES string of the molecule is CCOc1ccccc1C(C)(NC(C)C)C(=O)O. The molecule has 1 unspecified atom stereocenters. The number of nitrogens with one attached hydrogen (secondary N) is 1. The normalized spacial score (nSPS) is 14.3. The summed E-state index contributed by atoms with van der Waals surface area (Å²) in [7, 11) is 0. The van der Waals surface area contributed by atoms with Gasteiger partial charge in [0.1, 0.15) is 11.3 Å². The maximum Gasteiger partial charge on any atom is 0.328 e. The van der Waals surface area contributed by atoms with Crippen LogP contribution in [0.4, 0.5) is 0 Å². The molecule has 0 bridgehead atoms. The third-order valence-corrected chi connectivity index (χ3v) is 2.73. The van der Waals surface area contributed by atoms with Gasteiger partial charge in [-0.1, -0.05) is 18.2 Å². The summed E-state index contributed by atoms with van der Waals surface area (Å²) in [4.78, 5) is 11.6. The van der Waals surface area contributed by atoms with Gasteiger partial charge in [-0.2, -0.15) is 0 Å². The van der Waals surface area contributed by atoms with Crippen LogP contribution in [0.3, 0.4) is 0 Å². The number of carboxylic acids is 1. The van der Waals surface area contributed by atoms with Crippen LogP contribution in [0.25, 0.3) is 0 Å². The summed E-state index contributed by atoms with van der Waals surface area (Å²) >= 11 is 0. The van der Waals surface area contributed by atoms with Crippen LogP contribution in [-0.2, 0) is 10.3 Å². The molecule has 4 heteroatoms. The molecule has 0 fully saturated rings. The molecule has 1 atom stereocenters. The first-order valence-electron chi connectivity index (χ1n) is 6.15. The van der Waals surface area contributed by atoms with Gasteiger partial charge in [-0.3, -0.25) is 5.32 Å². The highest BCUT2D eigenvalue weighted by Crippen LogP contribution is 2.30. The Kier molecular flexibility index (Phi) is 4.73. The summed E-state index contributed by atoms with van der Waals surface area (Å²) in [5.41, 5.74) is -0.507. The van der Waals surface area contributed by atoms with Crippen LogP contribution in [0.1, 0.15) is 33.3 Å². The fourth-order valence-corrected chi connectivity index (χ4v) is 1.99. The molecule has 0 aliphatic heterocycles. The molecule has 1 aromatic carbocycles. The third-order valence-electron chi connectivity index (χ3n) is 2.73. The summed E-state index contributed by atoms with van der Waals surface area (Å²) in [6.07, 6.45) is 0. The van der Waals surface area contributed by atoms with E-state index in [-0.39, 0.29) is 6.04 Å². The van der Waals surface area contributed by atoms with Crippen LogP contribution in [0.5, 0.6) is 5.75 Å².